The van der Waals surface area contributed by atoms with Crippen molar-refractivity contribution >= 4 is 17.4 Å². The van der Waals surface area contributed by atoms with E-state index in [1.165, 1.54) is 12.1 Å². The second-order valence-corrected chi connectivity index (χ2v) is 6.14. The minimum Gasteiger partial charge on any atom is -0.378 e. The summed E-state index contributed by atoms with van der Waals surface area (Å²) in [4.78, 5) is 26.3. The average molecular weight is 320 g/mol. The minimum atomic E-state index is -0.386. The molecule has 1 aromatic rings. The summed E-state index contributed by atoms with van der Waals surface area (Å²) < 4.78 is 18.7. The molecule has 1 saturated carbocycles. The van der Waals surface area contributed by atoms with E-state index < -0.39 is 0 Å². The number of ether oxygens (including phenoxy) is 1. The molecule has 3 rings (SSSR count). The molecule has 0 spiro atoms. The number of halogens is 1. The van der Waals surface area contributed by atoms with E-state index in [1.54, 1.807) is 12.1 Å². The number of hydrogen-bond donors (Lipinski definition) is 1. The maximum Gasteiger partial charge on any atom is 0.238 e. The Bertz CT molecular complexity index is 593. The monoisotopic (exact) mass is 320 g/mol. The Balaban J connectivity index is 1.62. The Labute approximate surface area is 134 Å². The number of hydrogen-bond acceptors (Lipinski definition) is 4. The molecule has 0 radical (unpaired) electrons. The molecule has 1 amide bonds. The van der Waals surface area contributed by atoms with E-state index in [1.807, 2.05) is 4.90 Å². The summed E-state index contributed by atoms with van der Waals surface area (Å²) in [6.07, 6.45) is 2.42. The molecule has 1 N–H and O–H groups in total. The quantitative estimate of drug-likeness (QED) is 0.919. The van der Waals surface area contributed by atoms with Crippen LogP contribution in [0.25, 0.3) is 0 Å². The van der Waals surface area contributed by atoms with Gasteiger partial charge in [0, 0.05) is 30.6 Å². The third-order valence-corrected chi connectivity index (χ3v) is 4.55. The molecule has 1 aromatic carbocycles. The molecule has 2 aliphatic rings. The molecule has 0 unspecified atom stereocenters. The molecule has 1 aliphatic carbocycles. The number of carbonyl (C=O) groups excluding carboxylic acids is 2. The van der Waals surface area contributed by atoms with E-state index in [0.29, 0.717) is 31.9 Å². The average Bonchev–Trinajstić information content (AvgIpc) is 2.94. The lowest BCUT2D eigenvalue weighted by atomic mass is 9.95. The molecule has 1 saturated heterocycles. The summed E-state index contributed by atoms with van der Waals surface area (Å²) in [6, 6.07) is 5.80. The summed E-state index contributed by atoms with van der Waals surface area (Å²) in [7, 11) is 0. The van der Waals surface area contributed by atoms with Crippen LogP contribution in [0.5, 0.6) is 0 Å². The van der Waals surface area contributed by atoms with E-state index in [0.717, 1.165) is 12.8 Å². The Hall–Kier alpha value is -1.79. The van der Waals surface area contributed by atoms with Gasteiger partial charge in [-0.05, 0) is 31.0 Å². The van der Waals surface area contributed by atoms with Crippen LogP contribution in [0.15, 0.2) is 24.3 Å². The van der Waals surface area contributed by atoms with E-state index in [9.17, 15) is 14.0 Å². The first-order chi connectivity index (χ1) is 11.1. The summed E-state index contributed by atoms with van der Waals surface area (Å²) in [5.74, 6) is -0.343. The highest BCUT2D eigenvalue weighted by Gasteiger charge is 2.37. The zero-order chi connectivity index (χ0) is 16.2. The van der Waals surface area contributed by atoms with Crippen LogP contribution >= 0.6 is 0 Å². The van der Waals surface area contributed by atoms with Crippen molar-refractivity contribution in [2.75, 3.05) is 31.6 Å². The van der Waals surface area contributed by atoms with Gasteiger partial charge in [-0.25, -0.2) is 4.39 Å². The standard InChI is InChI=1S/C17H21FN2O3/c18-12-3-1-4-13(9-12)19-17(22)10-20-7-8-23-11-15(20)14-5-2-6-16(14)21/h1,3-4,9,14-15H,2,5-8,10-11H2,(H,19,22)/t14-,15+/m1/s1. The molecule has 23 heavy (non-hydrogen) atoms. The summed E-state index contributed by atoms with van der Waals surface area (Å²) in [6.45, 7) is 1.87. The van der Waals surface area contributed by atoms with Gasteiger partial charge < -0.3 is 10.1 Å². The lowest BCUT2D eigenvalue weighted by molar-refractivity contribution is -0.128. The number of morpholine rings is 1. The van der Waals surface area contributed by atoms with Crippen molar-refractivity contribution in [2.45, 2.75) is 25.3 Å². The first-order valence-corrected chi connectivity index (χ1v) is 8.03. The van der Waals surface area contributed by atoms with Crippen LogP contribution in [0.4, 0.5) is 10.1 Å². The first-order valence-electron chi connectivity index (χ1n) is 8.03. The van der Waals surface area contributed by atoms with Crippen LogP contribution in [0.2, 0.25) is 0 Å². The number of anilines is 1. The van der Waals surface area contributed by atoms with E-state index in [4.69, 9.17) is 4.74 Å². The van der Waals surface area contributed by atoms with Gasteiger partial charge in [0.05, 0.1) is 19.8 Å². The third-order valence-electron chi connectivity index (χ3n) is 4.55. The number of ketones is 1. The zero-order valence-electron chi connectivity index (χ0n) is 13.0. The van der Waals surface area contributed by atoms with Crippen LogP contribution in [0.1, 0.15) is 19.3 Å². The highest BCUT2D eigenvalue weighted by atomic mass is 19.1. The van der Waals surface area contributed by atoms with Gasteiger partial charge in [0.2, 0.25) is 5.91 Å². The summed E-state index contributed by atoms with van der Waals surface area (Å²) in [5, 5.41) is 2.71. The molecular formula is C17H21FN2O3. The molecule has 2 fully saturated rings. The molecule has 124 valence electrons. The number of nitrogens with zero attached hydrogens (tertiary/aromatic N) is 1. The van der Waals surface area contributed by atoms with Gasteiger partial charge >= 0.3 is 0 Å². The summed E-state index contributed by atoms with van der Waals surface area (Å²) >= 11 is 0. The summed E-state index contributed by atoms with van der Waals surface area (Å²) in [5.41, 5.74) is 0.441. The predicted octanol–water partition coefficient (Wildman–Crippen LogP) is 1.83. The lowest BCUT2D eigenvalue weighted by Gasteiger charge is -2.37. The highest BCUT2D eigenvalue weighted by molar-refractivity contribution is 5.92. The van der Waals surface area contributed by atoms with Gasteiger partial charge in [0.15, 0.2) is 0 Å². The predicted molar refractivity (Wildman–Crippen MR) is 83.6 cm³/mol. The molecule has 5 nitrogen and oxygen atoms in total. The number of benzene rings is 1. The Morgan fingerprint density at radius 2 is 2.30 bits per heavy atom. The Morgan fingerprint density at radius 3 is 3.04 bits per heavy atom. The van der Waals surface area contributed by atoms with Crippen LogP contribution in [-0.4, -0.2) is 48.9 Å². The molecule has 6 heteroatoms. The molecule has 2 atom stereocenters. The Morgan fingerprint density at radius 1 is 1.43 bits per heavy atom. The molecule has 1 aliphatic heterocycles. The van der Waals surface area contributed by atoms with Gasteiger partial charge in [-0.2, -0.15) is 0 Å². The van der Waals surface area contributed by atoms with E-state index in [2.05, 4.69) is 5.32 Å². The number of amides is 1. The fourth-order valence-corrected chi connectivity index (χ4v) is 3.42. The second-order valence-electron chi connectivity index (χ2n) is 6.14. The van der Waals surface area contributed by atoms with Crippen molar-refractivity contribution in [1.82, 2.24) is 4.90 Å². The second kappa shape index (κ2) is 7.19. The van der Waals surface area contributed by atoms with Gasteiger partial charge in [-0.3, -0.25) is 14.5 Å². The van der Waals surface area contributed by atoms with Crippen molar-refractivity contribution in [1.29, 1.82) is 0 Å². The third kappa shape index (κ3) is 3.95. The SMILES string of the molecule is O=C(CN1CCOC[C@H]1[C@H]1CCCC1=O)Nc1cccc(F)c1. The zero-order valence-corrected chi connectivity index (χ0v) is 13.0. The molecule has 1 heterocycles. The maximum atomic E-state index is 13.2. The van der Waals surface area contributed by atoms with Crippen molar-refractivity contribution in [3.63, 3.8) is 0 Å². The van der Waals surface area contributed by atoms with Crippen molar-refractivity contribution in [2.24, 2.45) is 5.92 Å². The Kier molecular flexibility index (Phi) is 5.03. The van der Waals surface area contributed by atoms with Crippen molar-refractivity contribution in [3.05, 3.63) is 30.1 Å². The number of rotatable bonds is 4. The number of Topliss-reactive ketones (excluding diaryl/α,β-unsaturated/α-hetero) is 1. The number of carbonyl (C=O) groups is 2. The van der Waals surface area contributed by atoms with Crippen LogP contribution in [0, 0.1) is 11.7 Å². The van der Waals surface area contributed by atoms with Gasteiger partial charge in [0.1, 0.15) is 11.6 Å². The number of nitrogens with one attached hydrogen (secondary N) is 1. The highest BCUT2D eigenvalue weighted by Crippen LogP contribution is 2.29. The molecular weight excluding hydrogens is 299 g/mol. The van der Waals surface area contributed by atoms with Gasteiger partial charge in [-0.1, -0.05) is 6.07 Å². The lowest BCUT2D eigenvalue weighted by Crippen LogP contribution is -2.52. The van der Waals surface area contributed by atoms with E-state index in [-0.39, 0.29) is 36.0 Å². The van der Waals surface area contributed by atoms with Gasteiger partial charge in [0.25, 0.3) is 0 Å². The fraction of sp³-hybridized carbons (Fsp3) is 0.529. The van der Waals surface area contributed by atoms with Crippen LogP contribution < -0.4 is 5.32 Å². The topological polar surface area (TPSA) is 58.6 Å². The molecule has 0 aromatic heterocycles. The van der Waals surface area contributed by atoms with Crippen molar-refractivity contribution in [3.8, 4) is 0 Å². The largest absolute Gasteiger partial charge is 0.378 e. The van der Waals surface area contributed by atoms with Gasteiger partial charge in [-0.15, -0.1) is 0 Å². The fourth-order valence-electron chi connectivity index (χ4n) is 3.42. The minimum absolute atomic E-state index is 0.0303. The first kappa shape index (κ1) is 16.1. The van der Waals surface area contributed by atoms with Crippen molar-refractivity contribution < 1.29 is 18.7 Å². The smallest absolute Gasteiger partial charge is 0.238 e. The van der Waals surface area contributed by atoms with E-state index >= 15 is 0 Å². The maximum absolute atomic E-state index is 13.2. The molecule has 0 bridgehead atoms. The van der Waals surface area contributed by atoms with Crippen LogP contribution in [-0.2, 0) is 14.3 Å². The normalized spacial score (nSPS) is 25.5. The van der Waals surface area contributed by atoms with Crippen LogP contribution in [0.3, 0.4) is 0 Å².